The van der Waals surface area contributed by atoms with Crippen molar-refractivity contribution in [2.24, 2.45) is 0 Å². The summed E-state index contributed by atoms with van der Waals surface area (Å²) >= 11 is -0.912. The summed E-state index contributed by atoms with van der Waals surface area (Å²) in [5.41, 5.74) is 0.211. The van der Waals surface area contributed by atoms with Crippen LogP contribution in [0.4, 0.5) is 30.7 Å². The zero-order chi connectivity index (χ0) is 26.0. The number of rotatable bonds is 9. The lowest BCUT2D eigenvalue weighted by Gasteiger charge is -2.27. The van der Waals surface area contributed by atoms with Crippen molar-refractivity contribution in [1.82, 2.24) is 14.0 Å². The number of hydrogen-bond acceptors (Lipinski definition) is 4. The van der Waals surface area contributed by atoms with Crippen LogP contribution in [0.3, 0.4) is 0 Å². The molecule has 0 saturated carbocycles. The molecule has 0 spiro atoms. The second-order valence-electron chi connectivity index (χ2n) is 7.65. The van der Waals surface area contributed by atoms with E-state index in [9.17, 15) is 35.5 Å². The number of hydrogen-bond donors (Lipinski definition) is 0. The van der Waals surface area contributed by atoms with Crippen LogP contribution >= 0.6 is 11.8 Å². The van der Waals surface area contributed by atoms with E-state index < -0.39 is 39.7 Å². The molecule has 0 aliphatic rings. The van der Waals surface area contributed by atoms with E-state index in [1.807, 2.05) is 19.0 Å². The maximum atomic E-state index is 13.6. The van der Waals surface area contributed by atoms with Crippen LogP contribution in [-0.2, 0) is 0 Å². The minimum absolute atomic E-state index is 0.202. The molecule has 0 N–H and O–H groups in total. The van der Waals surface area contributed by atoms with Crippen molar-refractivity contribution in [2.45, 2.75) is 22.2 Å². The van der Waals surface area contributed by atoms with Gasteiger partial charge in [-0.15, -0.1) is 0 Å². The van der Waals surface area contributed by atoms with Crippen molar-refractivity contribution in [1.29, 1.82) is 0 Å². The molecule has 3 rings (SSSR count). The molecule has 190 valence electrons. The number of nitrogens with zero attached hydrogens (tertiary/aromatic N) is 3. The fourth-order valence-corrected chi connectivity index (χ4v) is 3.68. The summed E-state index contributed by atoms with van der Waals surface area (Å²) in [6, 6.07) is 10.9. The van der Waals surface area contributed by atoms with Gasteiger partial charge in [-0.3, -0.25) is 9.13 Å². The van der Waals surface area contributed by atoms with Crippen LogP contribution in [0.5, 0.6) is 5.75 Å². The number of thioether (sulfide) groups is 1. The highest BCUT2D eigenvalue weighted by Crippen LogP contribution is 2.53. The molecule has 0 aliphatic heterocycles. The van der Waals surface area contributed by atoms with E-state index in [0.29, 0.717) is 18.0 Å². The predicted octanol–water partition coefficient (Wildman–Crippen LogP) is 5.45. The summed E-state index contributed by atoms with van der Waals surface area (Å²) in [4.78, 5) is 14.2. The Hall–Kier alpha value is -2.93. The van der Waals surface area contributed by atoms with Gasteiger partial charge in [0.1, 0.15) is 12.4 Å². The molecule has 0 saturated heterocycles. The SMILES string of the molecule is CN(C)CCOc1ccc(-n2ccn(-c3ccc(SC(F)(F)C(F)(F)C(F)(F)F)cc3)c2=O)cc1. The Morgan fingerprint density at radius 1 is 0.829 bits per heavy atom. The van der Waals surface area contributed by atoms with Gasteiger partial charge in [-0.05, 0) is 74.4 Å². The van der Waals surface area contributed by atoms with Gasteiger partial charge in [-0.1, -0.05) is 0 Å². The monoisotopic (exact) mass is 523 g/mol. The van der Waals surface area contributed by atoms with E-state index in [1.54, 1.807) is 24.3 Å². The molecule has 13 heteroatoms. The van der Waals surface area contributed by atoms with Crippen LogP contribution < -0.4 is 10.4 Å². The molecule has 0 bridgehead atoms. The number of imidazole rings is 1. The molecule has 1 heterocycles. The number of halogens is 7. The minimum atomic E-state index is -6.41. The van der Waals surface area contributed by atoms with Gasteiger partial charge in [0, 0.05) is 23.8 Å². The van der Waals surface area contributed by atoms with Crippen molar-refractivity contribution < 1.29 is 35.5 Å². The summed E-state index contributed by atoms with van der Waals surface area (Å²) < 4.78 is 98.5. The molecule has 0 amide bonds. The van der Waals surface area contributed by atoms with Crippen molar-refractivity contribution >= 4 is 11.8 Å². The number of aromatic nitrogens is 2. The van der Waals surface area contributed by atoms with Crippen LogP contribution in [-0.4, -0.2) is 58.6 Å². The molecule has 35 heavy (non-hydrogen) atoms. The van der Waals surface area contributed by atoms with Gasteiger partial charge in [-0.25, -0.2) is 4.79 Å². The average molecular weight is 523 g/mol. The topological polar surface area (TPSA) is 39.4 Å². The second kappa shape index (κ2) is 9.97. The minimum Gasteiger partial charge on any atom is -0.492 e. The van der Waals surface area contributed by atoms with Crippen molar-refractivity contribution in [3.8, 4) is 17.1 Å². The zero-order valence-corrected chi connectivity index (χ0v) is 19.2. The van der Waals surface area contributed by atoms with Crippen molar-refractivity contribution in [3.63, 3.8) is 0 Å². The number of ether oxygens (including phenoxy) is 1. The van der Waals surface area contributed by atoms with E-state index in [-0.39, 0.29) is 5.69 Å². The third-order valence-electron chi connectivity index (χ3n) is 4.78. The highest BCUT2D eigenvalue weighted by atomic mass is 32.2. The lowest BCUT2D eigenvalue weighted by Crippen LogP contribution is -2.49. The standard InChI is InChI=1S/C22H20F7N3O2S/c1-30(2)13-14-34-17-7-3-15(4-8-17)31-11-12-32(19(31)33)16-5-9-18(10-6-16)35-22(28,29)20(23,24)21(25,26)27/h3-12H,13-14H2,1-2H3. The molecular formula is C22H20F7N3O2S. The van der Waals surface area contributed by atoms with Crippen LogP contribution in [0, 0.1) is 0 Å². The molecule has 0 unspecified atom stereocenters. The molecule has 0 fully saturated rings. The molecule has 5 nitrogen and oxygen atoms in total. The predicted molar refractivity (Wildman–Crippen MR) is 117 cm³/mol. The van der Waals surface area contributed by atoms with Crippen molar-refractivity contribution in [3.05, 3.63) is 71.4 Å². The maximum absolute atomic E-state index is 13.6. The van der Waals surface area contributed by atoms with Gasteiger partial charge in [0.05, 0.1) is 11.4 Å². The first-order valence-electron chi connectivity index (χ1n) is 10.0. The first kappa shape index (κ1) is 26.7. The Balaban J connectivity index is 1.75. The van der Waals surface area contributed by atoms with Gasteiger partial charge in [0.25, 0.3) is 0 Å². The van der Waals surface area contributed by atoms with Crippen LogP contribution in [0.2, 0.25) is 0 Å². The summed E-state index contributed by atoms with van der Waals surface area (Å²) in [5.74, 6) is -5.60. The molecule has 0 radical (unpaired) electrons. The van der Waals surface area contributed by atoms with E-state index in [0.717, 1.165) is 30.8 Å². The molecule has 0 atom stereocenters. The van der Waals surface area contributed by atoms with E-state index in [1.165, 1.54) is 21.5 Å². The van der Waals surface area contributed by atoms with E-state index in [2.05, 4.69) is 0 Å². The zero-order valence-electron chi connectivity index (χ0n) is 18.4. The maximum Gasteiger partial charge on any atom is 0.460 e. The lowest BCUT2D eigenvalue weighted by molar-refractivity contribution is -0.330. The van der Waals surface area contributed by atoms with Crippen LogP contribution in [0.15, 0.2) is 70.6 Å². The van der Waals surface area contributed by atoms with Gasteiger partial charge in [0.2, 0.25) is 0 Å². The van der Waals surface area contributed by atoms with Gasteiger partial charge >= 0.3 is 23.0 Å². The number of benzene rings is 2. The lowest BCUT2D eigenvalue weighted by atomic mass is 10.3. The van der Waals surface area contributed by atoms with Gasteiger partial charge in [0.15, 0.2) is 0 Å². The summed E-state index contributed by atoms with van der Waals surface area (Å²) in [6.07, 6.45) is -3.54. The molecule has 2 aromatic carbocycles. The first-order valence-corrected chi connectivity index (χ1v) is 10.8. The number of alkyl halides is 7. The van der Waals surface area contributed by atoms with Gasteiger partial charge in [-0.2, -0.15) is 30.7 Å². The third kappa shape index (κ3) is 5.84. The first-order chi connectivity index (χ1) is 16.2. The van der Waals surface area contributed by atoms with Crippen molar-refractivity contribution in [2.75, 3.05) is 27.2 Å². The Bertz CT molecular complexity index is 1190. The fraction of sp³-hybridized carbons (Fsp3) is 0.318. The highest BCUT2D eigenvalue weighted by molar-refractivity contribution is 8.00. The third-order valence-corrected chi connectivity index (χ3v) is 5.80. The second-order valence-corrected chi connectivity index (χ2v) is 8.84. The molecule has 0 aliphatic carbocycles. The highest BCUT2D eigenvalue weighted by Gasteiger charge is 2.73. The number of likely N-dealkylation sites (N-methyl/N-ethyl adjacent to an activating group) is 1. The molecular weight excluding hydrogens is 503 g/mol. The summed E-state index contributed by atoms with van der Waals surface area (Å²) in [5, 5.41) is -5.42. The summed E-state index contributed by atoms with van der Waals surface area (Å²) in [7, 11) is 3.83. The quantitative estimate of drug-likeness (QED) is 0.276. The molecule has 3 aromatic rings. The Kier molecular flexibility index (Phi) is 7.60. The van der Waals surface area contributed by atoms with E-state index >= 15 is 0 Å². The Labute approximate surface area is 199 Å². The summed E-state index contributed by atoms with van der Waals surface area (Å²) in [6.45, 7) is 1.21. The fourth-order valence-electron chi connectivity index (χ4n) is 2.87. The van der Waals surface area contributed by atoms with Crippen LogP contribution in [0.25, 0.3) is 11.4 Å². The normalized spacial score (nSPS) is 12.9. The average Bonchev–Trinajstić information content (AvgIpc) is 3.14. The van der Waals surface area contributed by atoms with Crippen LogP contribution in [0.1, 0.15) is 0 Å². The van der Waals surface area contributed by atoms with Gasteiger partial charge < -0.3 is 9.64 Å². The van der Waals surface area contributed by atoms with E-state index in [4.69, 9.17) is 4.74 Å². The smallest absolute Gasteiger partial charge is 0.460 e. The molecule has 1 aromatic heterocycles. The Morgan fingerprint density at radius 3 is 1.77 bits per heavy atom. The Morgan fingerprint density at radius 2 is 1.31 bits per heavy atom. The largest absolute Gasteiger partial charge is 0.492 e.